The van der Waals surface area contributed by atoms with E-state index in [1.807, 2.05) is 11.8 Å². The van der Waals surface area contributed by atoms with E-state index >= 15 is 0 Å². The maximum Gasteiger partial charge on any atom is 0.225 e. The largest absolute Gasteiger partial charge is 0.340 e. The highest BCUT2D eigenvalue weighted by molar-refractivity contribution is 5.78. The van der Waals surface area contributed by atoms with E-state index in [9.17, 15) is 4.79 Å². The van der Waals surface area contributed by atoms with Gasteiger partial charge >= 0.3 is 0 Å². The summed E-state index contributed by atoms with van der Waals surface area (Å²) in [5, 5.41) is 3.33. The summed E-state index contributed by atoms with van der Waals surface area (Å²) in [4.78, 5) is 13.8. The molecule has 1 amide bonds. The van der Waals surface area contributed by atoms with Crippen LogP contribution in [0.15, 0.2) is 0 Å². The average molecular weight is 184 g/mol. The van der Waals surface area contributed by atoms with Gasteiger partial charge in [-0.3, -0.25) is 4.79 Å². The van der Waals surface area contributed by atoms with Crippen molar-refractivity contribution >= 4 is 5.91 Å². The van der Waals surface area contributed by atoms with Gasteiger partial charge in [-0.25, -0.2) is 0 Å². The number of carbonyl (C=O) groups excluding carboxylic acids is 1. The van der Waals surface area contributed by atoms with E-state index in [0.717, 1.165) is 26.1 Å². The lowest BCUT2D eigenvalue weighted by Crippen LogP contribution is -2.52. The van der Waals surface area contributed by atoms with E-state index in [4.69, 9.17) is 0 Å². The molecular formula is C10H20N2O. The second-order valence-electron chi connectivity index (χ2n) is 3.95. The molecule has 0 aromatic heterocycles. The third kappa shape index (κ3) is 2.69. The van der Waals surface area contributed by atoms with Gasteiger partial charge in [0.05, 0.1) is 0 Å². The van der Waals surface area contributed by atoms with E-state index in [-0.39, 0.29) is 5.92 Å². The van der Waals surface area contributed by atoms with Crippen molar-refractivity contribution in [3.8, 4) is 0 Å². The maximum absolute atomic E-state index is 11.8. The molecule has 0 aromatic carbocycles. The molecule has 76 valence electrons. The Balaban J connectivity index is 2.46. The van der Waals surface area contributed by atoms with Crippen LogP contribution in [-0.2, 0) is 4.79 Å². The molecule has 2 atom stereocenters. The van der Waals surface area contributed by atoms with Gasteiger partial charge in [-0.1, -0.05) is 13.8 Å². The van der Waals surface area contributed by atoms with Gasteiger partial charge in [0, 0.05) is 31.6 Å². The van der Waals surface area contributed by atoms with Crippen molar-refractivity contribution in [1.82, 2.24) is 10.2 Å². The Bertz CT molecular complexity index is 182. The van der Waals surface area contributed by atoms with Crippen LogP contribution in [0.1, 0.15) is 27.2 Å². The number of rotatable bonds is 2. The van der Waals surface area contributed by atoms with Crippen molar-refractivity contribution < 1.29 is 4.79 Å². The molecule has 0 bridgehead atoms. The summed E-state index contributed by atoms with van der Waals surface area (Å²) in [7, 11) is 0. The topological polar surface area (TPSA) is 32.3 Å². The molecule has 3 heteroatoms. The smallest absolute Gasteiger partial charge is 0.225 e. The molecule has 1 aliphatic rings. The molecule has 0 radical (unpaired) electrons. The van der Waals surface area contributed by atoms with Gasteiger partial charge in [-0.15, -0.1) is 0 Å². The lowest BCUT2D eigenvalue weighted by molar-refractivity contribution is -0.136. The van der Waals surface area contributed by atoms with Gasteiger partial charge in [0.15, 0.2) is 0 Å². The van der Waals surface area contributed by atoms with Gasteiger partial charge < -0.3 is 10.2 Å². The summed E-state index contributed by atoms with van der Waals surface area (Å²) >= 11 is 0. The van der Waals surface area contributed by atoms with Gasteiger partial charge in [0.25, 0.3) is 0 Å². The fourth-order valence-corrected chi connectivity index (χ4v) is 1.62. The van der Waals surface area contributed by atoms with E-state index in [1.165, 1.54) is 0 Å². The van der Waals surface area contributed by atoms with Crippen molar-refractivity contribution in [2.24, 2.45) is 5.92 Å². The fourth-order valence-electron chi connectivity index (χ4n) is 1.62. The van der Waals surface area contributed by atoms with E-state index in [2.05, 4.69) is 19.2 Å². The number of nitrogens with zero attached hydrogens (tertiary/aromatic N) is 1. The van der Waals surface area contributed by atoms with Crippen LogP contribution in [0.4, 0.5) is 0 Å². The second-order valence-corrected chi connectivity index (χ2v) is 3.95. The zero-order valence-electron chi connectivity index (χ0n) is 8.84. The van der Waals surface area contributed by atoms with Crippen molar-refractivity contribution in [1.29, 1.82) is 0 Å². The first-order chi connectivity index (χ1) is 6.15. The van der Waals surface area contributed by atoms with Crippen LogP contribution in [0.2, 0.25) is 0 Å². The molecule has 1 unspecified atom stereocenters. The van der Waals surface area contributed by atoms with Crippen molar-refractivity contribution in [3.05, 3.63) is 0 Å². The third-order valence-electron chi connectivity index (χ3n) is 2.71. The second kappa shape index (κ2) is 4.61. The first-order valence-corrected chi connectivity index (χ1v) is 5.17. The molecule has 1 N–H and O–H groups in total. The Morgan fingerprint density at radius 2 is 2.38 bits per heavy atom. The quantitative estimate of drug-likeness (QED) is 0.690. The molecule has 1 fully saturated rings. The standard InChI is InChI=1S/C10H20N2O/c1-4-8(2)10(13)12-6-5-11-9(3)7-12/h8-9,11H,4-7H2,1-3H3/t8?,9-/m0/s1. The molecule has 0 saturated carbocycles. The summed E-state index contributed by atoms with van der Waals surface area (Å²) in [5.74, 6) is 0.501. The summed E-state index contributed by atoms with van der Waals surface area (Å²) in [6.45, 7) is 8.86. The zero-order valence-corrected chi connectivity index (χ0v) is 8.84. The molecular weight excluding hydrogens is 164 g/mol. The first kappa shape index (κ1) is 10.5. The predicted octanol–water partition coefficient (Wildman–Crippen LogP) is 0.853. The van der Waals surface area contributed by atoms with Crippen molar-refractivity contribution in [3.63, 3.8) is 0 Å². The zero-order chi connectivity index (χ0) is 9.84. The molecule has 1 heterocycles. The third-order valence-corrected chi connectivity index (χ3v) is 2.71. The highest BCUT2D eigenvalue weighted by atomic mass is 16.2. The van der Waals surface area contributed by atoms with E-state index in [0.29, 0.717) is 11.9 Å². The Labute approximate surface area is 80.5 Å². The SMILES string of the molecule is CCC(C)C(=O)N1CCN[C@@H](C)C1. The van der Waals surface area contributed by atoms with Crippen LogP contribution in [0.5, 0.6) is 0 Å². The summed E-state index contributed by atoms with van der Waals surface area (Å²) in [6.07, 6.45) is 0.942. The summed E-state index contributed by atoms with van der Waals surface area (Å²) < 4.78 is 0. The van der Waals surface area contributed by atoms with Crippen LogP contribution in [0.3, 0.4) is 0 Å². The van der Waals surface area contributed by atoms with Gasteiger partial charge in [0.1, 0.15) is 0 Å². The lowest BCUT2D eigenvalue weighted by Gasteiger charge is -2.33. The van der Waals surface area contributed by atoms with Crippen molar-refractivity contribution in [2.75, 3.05) is 19.6 Å². The highest BCUT2D eigenvalue weighted by Gasteiger charge is 2.23. The van der Waals surface area contributed by atoms with Gasteiger partial charge in [-0.2, -0.15) is 0 Å². The maximum atomic E-state index is 11.8. The van der Waals surface area contributed by atoms with E-state index in [1.54, 1.807) is 0 Å². The Morgan fingerprint density at radius 1 is 1.69 bits per heavy atom. The van der Waals surface area contributed by atoms with E-state index < -0.39 is 0 Å². The van der Waals surface area contributed by atoms with Crippen LogP contribution in [0, 0.1) is 5.92 Å². The van der Waals surface area contributed by atoms with Crippen LogP contribution in [-0.4, -0.2) is 36.5 Å². The Kier molecular flexibility index (Phi) is 3.72. The number of piperazine rings is 1. The number of hydrogen-bond donors (Lipinski definition) is 1. The Hall–Kier alpha value is -0.570. The first-order valence-electron chi connectivity index (χ1n) is 5.17. The molecule has 0 spiro atoms. The minimum atomic E-state index is 0.185. The molecule has 1 rings (SSSR count). The predicted molar refractivity (Wildman–Crippen MR) is 53.5 cm³/mol. The average Bonchev–Trinajstić information content (AvgIpc) is 2.15. The monoisotopic (exact) mass is 184 g/mol. The molecule has 3 nitrogen and oxygen atoms in total. The van der Waals surface area contributed by atoms with Crippen LogP contribution in [0.25, 0.3) is 0 Å². The van der Waals surface area contributed by atoms with Gasteiger partial charge in [0.2, 0.25) is 5.91 Å². The lowest BCUT2D eigenvalue weighted by atomic mass is 10.1. The summed E-state index contributed by atoms with van der Waals surface area (Å²) in [5.41, 5.74) is 0. The number of nitrogens with one attached hydrogen (secondary N) is 1. The van der Waals surface area contributed by atoms with Crippen molar-refractivity contribution in [2.45, 2.75) is 33.2 Å². The number of hydrogen-bond acceptors (Lipinski definition) is 2. The van der Waals surface area contributed by atoms with Crippen LogP contribution >= 0.6 is 0 Å². The minimum Gasteiger partial charge on any atom is -0.340 e. The molecule has 1 aliphatic heterocycles. The molecule has 0 aromatic rings. The minimum absolute atomic E-state index is 0.185. The Morgan fingerprint density at radius 3 is 2.92 bits per heavy atom. The normalized spacial score (nSPS) is 25.8. The number of carbonyl (C=O) groups is 1. The van der Waals surface area contributed by atoms with Crippen LogP contribution < -0.4 is 5.32 Å². The molecule has 1 saturated heterocycles. The molecule has 0 aliphatic carbocycles. The highest BCUT2D eigenvalue weighted by Crippen LogP contribution is 2.08. The van der Waals surface area contributed by atoms with Gasteiger partial charge in [-0.05, 0) is 13.3 Å². The molecule has 13 heavy (non-hydrogen) atoms. The number of amides is 1. The fraction of sp³-hybridized carbons (Fsp3) is 0.900. The summed E-state index contributed by atoms with van der Waals surface area (Å²) in [6, 6.07) is 0.446.